The number of benzene rings is 1. The van der Waals surface area contributed by atoms with Crippen molar-refractivity contribution < 1.29 is 22.7 Å². The number of ether oxygens (including phenoxy) is 1. The van der Waals surface area contributed by atoms with Crippen LogP contribution in [0.3, 0.4) is 0 Å². The molecule has 0 unspecified atom stereocenters. The van der Waals surface area contributed by atoms with E-state index in [0.717, 1.165) is 19.2 Å². The molecule has 0 fully saturated rings. The number of hydrogen-bond acceptors (Lipinski definition) is 3. The van der Waals surface area contributed by atoms with Crippen LogP contribution in [-0.2, 0) is 16.8 Å². The van der Waals surface area contributed by atoms with Crippen LogP contribution in [0.2, 0.25) is 0 Å². The topological polar surface area (TPSA) is 50.1 Å². The van der Waals surface area contributed by atoms with Gasteiger partial charge in [-0.2, -0.15) is 18.4 Å². The lowest BCUT2D eigenvalue weighted by atomic mass is 9.98. The number of methoxy groups -OCH3 is 1. The van der Waals surface area contributed by atoms with Crippen molar-refractivity contribution in [3.8, 4) is 6.07 Å². The van der Waals surface area contributed by atoms with Crippen LogP contribution < -0.4 is 0 Å². The van der Waals surface area contributed by atoms with Crippen molar-refractivity contribution in [2.24, 2.45) is 0 Å². The van der Waals surface area contributed by atoms with E-state index in [1.807, 2.05) is 0 Å². The fourth-order valence-electron chi connectivity index (χ4n) is 1.48. The van der Waals surface area contributed by atoms with Crippen molar-refractivity contribution in [3.63, 3.8) is 0 Å². The molecule has 0 aliphatic rings. The summed E-state index contributed by atoms with van der Waals surface area (Å²) in [4.78, 5) is 11.3. The maximum atomic E-state index is 12.9. The molecule has 0 amide bonds. The summed E-state index contributed by atoms with van der Waals surface area (Å²) in [6.07, 6.45) is -4.75. The second-order valence-electron chi connectivity index (χ2n) is 3.29. The van der Waals surface area contributed by atoms with Crippen LogP contribution >= 0.6 is 11.6 Å². The number of halogens is 4. The van der Waals surface area contributed by atoms with Gasteiger partial charge in [0.1, 0.15) is 0 Å². The molecular weight excluding hydrogens is 271 g/mol. The molecular formula is C11H7ClF3NO2. The number of nitrogens with zero attached hydrogens (tertiary/aromatic N) is 1. The van der Waals surface area contributed by atoms with Gasteiger partial charge in [0.2, 0.25) is 0 Å². The van der Waals surface area contributed by atoms with Crippen molar-refractivity contribution in [2.45, 2.75) is 12.1 Å². The Balaban J connectivity index is 3.64. The van der Waals surface area contributed by atoms with E-state index in [2.05, 4.69) is 4.74 Å². The van der Waals surface area contributed by atoms with Gasteiger partial charge in [0, 0.05) is 5.88 Å². The molecule has 1 rings (SSSR count). The maximum absolute atomic E-state index is 12.9. The van der Waals surface area contributed by atoms with E-state index in [1.54, 1.807) is 6.07 Å². The first-order chi connectivity index (χ1) is 8.35. The minimum atomic E-state index is -4.75. The van der Waals surface area contributed by atoms with E-state index in [9.17, 15) is 18.0 Å². The minimum Gasteiger partial charge on any atom is -0.465 e. The van der Waals surface area contributed by atoms with E-state index in [1.165, 1.54) is 0 Å². The molecule has 1 aromatic carbocycles. The van der Waals surface area contributed by atoms with E-state index in [4.69, 9.17) is 16.9 Å². The third-order valence-corrected chi connectivity index (χ3v) is 2.47. The van der Waals surface area contributed by atoms with Crippen molar-refractivity contribution in [1.29, 1.82) is 5.26 Å². The van der Waals surface area contributed by atoms with Crippen molar-refractivity contribution in [1.82, 2.24) is 0 Å². The average Bonchev–Trinajstić information content (AvgIpc) is 2.34. The Morgan fingerprint density at radius 2 is 2.11 bits per heavy atom. The molecule has 96 valence electrons. The van der Waals surface area contributed by atoms with Gasteiger partial charge in [-0.25, -0.2) is 4.79 Å². The number of alkyl halides is 4. The smallest absolute Gasteiger partial charge is 0.417 e. The zero-order valence-corrected chi connectivity index (χ0v) is 9.89. The zero-order chi connectivity index (χ0) is 13.9. The molecule has 0 bridgehead atoms. The molecule has 0 atom stereocenters. The number of carbonyl (C=O) groups is 1. The van der Waals surface area contributed by atoms with Crippen LogP contribution in [0.1, 0.15) is 27.0 Å². The van der Waals surface area contributed by atoms with E-state index in [0.29, 0.717) is 0 Å². The van der Waals surface area contributed by atoms with Crippen LogP contribution in [0.4, 0.5) is 13.2 Å². The Morgan fingerprint density at radius 3 is 2.50 bits per heavy atom. The predicted molar refractivity (Wildman–Crippen MR) is 57.1 cm³/mol. The number of carbonyl (C=O) groups excluding carboxylic acids is 1. The first-order valence-electron chi connectivity index (χ1n) is 4.63. The van der Waals surface area contributed by atoms with Crippen LogP contribution in [0.25, 0.3) is 0 Å². The predicted octanol–water partition coefficient (Wildman–Crippen LogP) is 3.10. The summed E-state index contributed by atoms with van der Waals surface area (Å²) < 4.78 is 42.9. The molecule has 7 heteroatoms. The molecule has 18 heavy (non-hydrogen) atoms. The average molecular weight is 278 g/mol. The van der Waals surface area contributed by atoms with Gasteiger partial charge in [0.15, 0.2) is 0 Å². The molecule has 1 aromatic rings. The third-order valence-electron chi connectivity index (χ3n) is 2.18. The molecule has 0 saturated carbocycles. The summed E-state index contributed by atoms with van der Waals surface area (Å²) in [6, 6.07) is 3.51. The lowest BCUT2D eigenvalue weighted by Gasteiger charge is -2.15. The SMILES string of the molecule is COC(=O)c1cc(C#N)cc(CCl)c1C(F)(F)F. The molecule has 0 heterocycles. The molecule has 0 aliphatic carbocycles. The quantitative estimate of drug-likeness (QED) is 0.616. The molecule has 3 nitrogen and oxygen atoms in total. The first kappa shape index (κ1) is 14.3. The number of rotatable bonds is 2. The van der Waals surface area contributed by atoms with Gasteiger partial charge in [-0.3, -0.25) is 0 Å². The lowest BCUT2D eigenvalue weighted by Crippen LogP contribution is -2.17. The number of esters is 1. The van der Waals surface area contributed by atoms with Crippen molar-refractivity contribution in [2.75, 3.05) is 7.11 Å². The maximum Gasteiger partial charge on any atom is 0.417 e. The van der Waals surface area contributed by atoms with E-state index in [-0.39, 0.29) is 11.1 Å². The summed E-state index contributed by atoms with van der Waals surface area (Å²) >= 11 is 5.43. The molecule has 0 radical (unpaired) electrons. The Morgan fingerprint density at radius 1 is 1.50 bits per heavy atom. The van der Waals surface area contributed by atoms with Gasteiger partial charge >= 0.3 is 12.1 Å². The Bertz CT molecular complexity index is 520. The van der Waals surface area contributed by atoms with Crippen LogP contribution in [-0.4, -0.2) is 13.1 Å². The summed E-state index contributed by atoms with van der Waals surface area (Å²) in [5.74, 6) is -1.63. The van der Waals surface area contributed by atoms with E-state index < -0.39 is 29.2 Å². The second-order valence-corrected chi connectivity index (χ2v) is 3.56. The summed E-state index contributed by atoms with van der Waals surface area (Å²) in [5, 5.41) is 8.70. The van der Waals surface area contributed by atoms with Crippen LogP contribution in [0.15, 0.2) is 12.1 Å². The normalized spacial score (nSPS) is 10.9. The summed E-state index contributed by atoms with van der Waals surface area (Å²) in [7, 11) is 0.960. The Labute approximate surface area is 106 Å². The van der Waals surface area contributed by atoms with Gasteiger partial charge < -0.3 is 4.74 Å². The van der Waals surface area contributed by atoms with Gasteiger partial charge in [0.25, 0.3) is 0 Å². The van der Waals surface area contributed by atoms with Crippen molar-refractivity contribution >= 4 is 17.6 Å². The van der Waals surface area contributed by atoms with E-state index >= 15 is 0 Å². The zero-order valence-electron chi connectivity index (χ0n) is 9.14. The fraction of sp³-hybridized carbons (Fsp3) is 0.273. The number of nitriles is 1. The van der Waals surface area contributed by atoms with Crippen molar-refractivity contribution in [3.05, 3.63) is 34.4 Å². The molecule has 0 aromatic heterocycles. The largest absolute Gasteiger partial charge is 0.465 e. The standard InChI is InChI=1S/C11H7ClF3NO2/c1-18-10(17)8-3-6(5-16)2-7(4-12)9(8)11(13,14)15/h2-3H,4H2,1H3. The monoisotopic (exact) mass is 277 g/mol. The van der Waals surface area contributed by atoms with Gasteiger partial charge in [-0.1, -0.05) is 0 Å². The molecule has 0 spiro atoms. The highest BCUT2D eigenvalue weighted by atomic mass is 35.5. The number of hydrogen-bond donors (Lipinski definition) is 0. The molecule has 0 aliphatic heterocycles. The third kappa shape index (κ3) is 2.74. The first-order valence-corrected chi connectivity index (χ1v) is 5.17. The Hall–Kier alpha value is -1.74. The van der Waals surface area contributed by atoms with Gasteiger partial charge in [-0.15, -0.1) is 11.6 Å². The molecule has 0 N–H and O–H groups in total. The second kappa shape index (κ2) is 5.27. The fourth-order valence-corrected chi connectivity index (χ4v) is 1.69. The molecule has 0 saturated heterocycles. The highest BCUT2D eigenvalue weighted by Gasteiger charge is 2.38. The minimum absolute atomic E-state index is 0.0842. The van der Waals surface area contributed by atoms with Gasteiger partial charge in [-0.05, 0) is 17.7 Å². The highest BCUT2D eigenvalue weighted by molar-refractivity contribution is 6.17. The summed E-state index contributed by atoms with van der Waals surface area (Å²) in [6.45, 7) is 0. The van der Waals surface area contributed by atoms with Gasteiger partial charge in [0.05, 0.1) is 29.9 Å². The highest BCUT2D eigenvalue weighted by Crippen LogP contribution is 2.36. The Kier molecular flexibility index (Phi) is 4.19. The van der Waals surface area contributed by atoms with Crippen LogP contribution in [0.5, 0.6) is 0 Å². The summed E-state index contributed by atoms with van der Waals surface area (Å²) in [5.41, 5.74) is -2.29. The van der Waals surface area contributed by atoms with Crippen LogP contribution in [0, 0.1) is 11.3 Å². The lowest BCUT2D eigenvalue weighted by molar-refractivity contribution is -0.138.